The van der Waals surface area contributed by atoms with Crippen LogP contribution in [-0.4, -0.2) is 22.8 Å². The standard InChI is InChI=1S/C21H24N2O/c1-5-16-6-8-17(9-7-16)13-23(4)21(24)18-10-11-20-19(12-18)14(2)15(3)22-20/h6-12,22H,5,13H2,1-4H3. The Bertz CT molecular complexity index is 875. The second kappa shape index (κ2) is 6.52. The van der Waals surface area contributed by atoms with Crippen molar-refractivity contribution >= 4 is 16.8 Å². The normalized spacial score (nSPS) is 11.0. The number of carbonyl (C=O) groups excluding carboxylic acids is 1. The van der Waals surface area contributed by atoms with Gasteiger partial charge in [0.25, 0.3) is 5.91 Å². The molecule has 0 atom stereocenters. The molecule has 24 heavy (non-hydrogen) atoms. The highest BCUT2D eigenvalue weighted by atomic mass is 16.2. The van der Waals surface area contributed by atoms with Crippen molar-refractivity contribution in [2.75, 3.05) is 7.05 Å². The van der Waals surface area contributed by atoms with Crippen LogP contribution >= 0.6 is 0 Å². The number of fused-ring (bicyclic) bond motifs is 1. The van der Waals surface area contributed by atoms with Gasteiger partial charge in [-0.05, 0) is 55.2 Å². The summed E-state index contributed by atoms with van der Waals surface area (Å²) in [6, 6.07) is 14.4. The van der Waals surface area contributed by atoms with E-state index in [2.05, 4.69) is 50.0 Å². The van der Waals surface area contributed by atoms with Gasteiger partial charge in [-0.25, -0.2) is 0 Å². The number of hydrogen-bond acceptors (Lipinski definition) is 1. The molecule has 3 aromatic rings. The smallest absolute Gasteiger partial charge is 0.253 e. The zero-order chi connectivity index (χ0) is 17.3. The lowest BCUT2D eigenvalue weighted by Crippen LogP contribution is -2.26. The number of nitrogens with zero attached hydrogens (tertiary/aromatic N) is 1. The van der Waals surface area contributed by atoms with E-state index in [0.717, 1.165) is 34.1 Å². The molecule has 2 aromatic carbocycles. The molecular formula is C21H24N2O. The summed E-state index contributed by atoms with van der Waals surface area (Å²) >= 11 is 0. The maximum absolute atomic E-state index is 12.7. The van der Waals surface area contributed by atoms with Gasteiger partial charge in [0, 0.05) is 35.8 Å². The Hall–Kier alpha value is -2.55. The van der Waals surface area contributed by atoms with Crippen LogP contribution in [0, 0.1) is 13.8 Å². The largest absolute Gasteiger partial charge is 0.358 e. The molecule has 0 bridgehead atoms. The third-order valence-electron chi connectivity index (χ3n) is 4.75. The van der Waals surface area contributed by atoms with Crippen LogP contribution in [0.25, 0.3) is 10.9 Å². The summed E-state index contributed by atoms with van der Waals surface area (Å²) in [5, 5.41) is 1.12. The maximum atomic E-state index is 12.7. The number of H-pyrrole nitrogens is 1. The Balaban J connectivity index is 1.80. The lowest BCUT2D eigenvalue weighted by Gasteiger charge is -2.17. The molecular weight excluding hydrogens is 296 g/mol. The van der Waals surface area contributed by atoms with Crippen molar-refractivity contribution < 1.29 is 4.79 Å². The van der Waals surface area contributed by atoms with Crippen molar-refractivity contribution in [1.82, 2.24) is 9.88 Å². The Labute approximate surface area is 143 Å². The first-order valence-corrected chi connectivity index (χ1v) is 8.41. The van der Waals surface area contributed by atoms with Gasteiger partial charge in [0.2, 0.25) is 0 Å². The predicted octanol–water partition coefficient (Wildman–Crippen LogP) is 4.62. The van der Waals surface area contributed by atoms with Crippen LogP contribution in [0.5, 0.6) is 0 Å². The SMILES string of the molecule is CCc1ccc(CN(C)C(=O)c2ccc3[nH]c(C)c(C)c3c2)cc1. The summed E-state index contributed by atoms with van der Waals surface area (Å²) in [6.45, 7) is 6.90. The molecule has 3 heteroatoms. The van der Waals surface area contributed by atoms with E-state index >= 15 is 0 Å². The average Bonchev–Trinajstić information content (AvgIpc) is 2.89. The quantitative estimate of drug-likeness (QED) is 0.748. The van der Waals surface area contributed by atoms with E-state index in [-0.39, 0.29) is 5.91 Å². The number of carbonyl (C=O) groups is 1. The van der Waals surface area contributed by atoms with Gasteiger partial charge in [-0.3, -0.25) is 4.79 Å². The topological polar surface area (TPSA) is 36.1 Å². The molecule has 0 radical (unpaired) electrons. The minimum Gasteiger partial charge on any atom is -0.358 e. The van der Waals surface area contributed by atoms with Gasteiger partial charge in [0.1, 0.15) is 0 Å². The number of aryl methyl sites for hydroxylation is 3. The molecule has 0 aliphatic heterocycles. The third kappa shape index (κ3) is 3.07. The van der Waals surface area contributed by atoms with Crippen molar-refractivity contribution in [1.29, 1.82) is 0 Å². The molecule has 0 aliphatic rings. The summed E-state index contributed by atoms with van der Waals surface area (Å²) in [6.07, 6.45) is 1.03. The Morgan fingerprint density at radius 3 is 2.38 bits per heavy atom. The van der Waals surface area contributed by atoms with Crippen molar-refractivity contribution in [2.24, 2.45) is 0 Å². The van der Waals surface area contributed by atoms with Crippen LogP contribution in [0.15, 0.2) is 42.5 Å². The molecule has 0 saturated heterocycles. The van der Waals surface area contributed by atoms with Crippen LogP contribution < -0.4 is 0 Å². The number of aromatic nitrogens is 1. The highest BCUT2D eigenvalue weighted by Gasteiger charge is 2.14. The Morgan fingerprint density at radius 2 is 1.71 bits per heavy atom. The van der Waals surface area contributed by atoms with Crippen molar-refractivity contribution in [2.45, 2.75) is 33.7 Å². The number of aromatic amines is 1. The average molecular weight is 320 g/mol. The van der Waals surface area contributed by atoms with E-state index in [0.29, 0.717) is 6.54 Å². The van der Waals surface area contributed by atoms with E-state index in [1.807, 2.05) is 25.2 Å². The summed E-state index contributed by atoms with van der Waals surface area (Å²) in [5.41, 5.74) is 6.64. The molecule has 1 heterocycles. The van der Waals surface area contributed by atoms with E-state index in [9.17, 15) is 4.79 Å². The van der Waals surface area contributed by atoms with E-state index in [1.165, 1.54) is 11.1 Å². The molecule has 0 spiro atoms. The highest BCUT2D eigenvalue weighted by Crippen LogP contribution is 2.23. The number of benzene rings is 2. The van der Waals surface area contributed by atoms with E-state index < -0.39 is 0 Å². The maximum Gasteiger partial charge on any atom is 0.253 e. The van der Waals surface area contributed by atoms with Crippen molar-refractivity contribution in [3.8, 4) is 0 Å². The number of nitrogens with one attached hydrogen (secondary N) is 1. The van der Waals surface area contributed by atoms with Crippen LogP contribution in [-0.2, 0) is 13.0 Å². The second-order valence-electron chi connectivity index (χ2n) is 6.47. The van der Waals surface area contributed by atoms with Crippen LogP contribution in [0.2, 0.25) is 0 Å². The summed E-state index contributed by atoms with van der Waals surface area (Å²) in [7, 11) is 1.86. The fourth-order valence-electron chi connectivity index (χ4n) is 3.04. The zero-order valence-corrected chi connectivity index (χ0v) is 14.8. The number of amides is 1. The summed E-state index contributed by atoms with van der Waals surface area (Å²) < 4.78 is 0. The molecule has 3 rings (SSSR count). The van der Waals surface area contributed by atoms with Gasteiger partial charge >= 0.3 is 0 Å². The minimum atomic E-state index is 0.0507. The molecule has 124 valence electrons. The van der Waals surface area contributed by atoms with E-state index in [1.54, 1.807) is 4.90 Å². The predicted molar refractivity (Wildman–Crippen MR) is 99.4 cm³/mol. The first-order chi connectivity index (χ1) is 11.5. The van der Waals surface area contributed by atoms with Gasteiger partial charge in [0.05, 0.1) is 0 Å². The van der Waals surface area contributed by atoms with Gasteiger partial charge in [0.15, 0.2) is 0 Å². The highest BCUT2D eigenvalue weighted by molar-refractivity contribution is 5.98. The summed E-state index contributed by atoms with van der Waals surface area (Å²) in [4.78, 5) is 17.9. The van der Waals surface area contributed by atoms with Gasteiger partial charge in [-0.1, -0.05) is 31.2 Å². The van der Waals surface area contributed by atoms with Crippen molar-refractivity contribution in [3.05, 3.63) is 70.4 Å². The second-order valence-corrected chi connectivity index (χ2v) is 6.47. The van der Waals surface area contributed by atoms with Gasteiger partial charge in [-0.2, -0.15) is 0 Å². The first-order valence-electron chi connectivity index (χ1n) is 8.41. The lowest BCUT2D eigenvalue weighted by atomic mass is 10.1. The van der Waals surface area contributed by atoms with Crippen molar-refractivity contribution in [3.63, 3.8) is 0 Å². The van der Waals surface area contributed by atoms with Gasteiger partial charge in [-0.15, -0.1) is 0 Å². The van der Waals surface area contributed by atoms with Gasteiger partial charge < -0.3 is 9.88 Å². The zero-order valence-electron chi connectivity index (χ0n) is 14.8. The fourth-order valence-corrected chi connectivity index (χ4v) is 3.04. The van der Waals surface area contributed by atoms with E-state index in [4.69, 9.17) is 0 Å². The van der Waals surface area contributed by atoms with Crippen LogP contribution in [0.3, 0.4) is 0 Å². The Morgan fingerprint density at radius 1 is 1.04 bits per heavy atom. The Kier molecular flexibility index (Phi) is 4.43. The first kappa shape index (κ1) is 16.3. The molecule has 1 aromatic heterocycles. The molecule has 1 N–H and O–H groups in total. The lowest BCUT2D eigenvalue weighted by molar-refractivity contribution is 0.0785. The fraction of sp³-hybridized carbons (Fsp3) is 0.286. The monoisotopic (exact) mass is 320 g/mol. The van der Waals surface area contributed by atoms with Crippen LogP contribution in [0.1, 0.15) is 39.7 Å². The number of rotatable bonds is 4. The molecule has 0 aliphatic carbocycles. The molecule has 0 saturated carbocycles. The minimum absolute atomic E-state index is 0.0507. The molecule has 0 unspecified atom stereocenters. The molecule has 1 amide bonds. The third-order valence-corrected chi connectivity index (χ3v) is 4.75. The number of hydrogen-bond donors (Lipinski definition) is 1. The molecule has 0 fully saturated rings. The molecule has 3 nitrogen and oxygen atoms in total. The summed E-state index contributed by atoms with van der Waals surface area (Å²) in [5.74, 6) is 0.0507. The van der Waals surface area contributed by atoms with Crippen LogP contribution in [0.4, 0.5) is 0 Å².